The summed E-state index contributed by atoms with van der Waals surface area (Å²) in [5, 5.41) is 0. The Balaban J connectivity index is 2.57. The van der Waals surface area contributed by atoms with Gasteiger partial charge >= 0.3 is 11.8 Å². The summed E-state index contributed by atoms with van der Waals surface area (Å²) in [6, 6.07) is 7.62. The normalized spacial score (nSPS) is 21.8. The molecule has 0 heterocycles. The summed E-state index contributed by atoms with van der Waals surface area (Å²) in [6.07, 6.45) is -0.0627. The molecule has 1 aliphatic rings. The smallest absolute Gasteiger partial charge is 0.194 e. The van der Waals surface area contributed by atoms with Gasteiger partial charge in [-0.15, -0.1) is 0 Å². The molecule has 0 N–H and O–H groups in total. The third-order valence-electron chi connectivity index (χ3n) is 2.81. The molecule has 0 saturated heterocycles. The van der Waals surface area contributed by atoms with Gasteiger partial charge in [0.25, 0.3) is 0 Å². The van der Waals surface area contributed by atoms with Gasteiger partial charge in [-0.2, -0.15) is 17.6 Å². The zero-order valence-corrected chi connectivity index (χ0v) is 8.61. The van der Waals surface area contributed by atoms with Crippen molar-refractivity contribution >= 4 is 5.57 Å². The average Bonchev–Trinajstić information content (AvgIpc) is 2.25. The highest BCUT2D eigenvalue weighted by atomic mass is 19.3. The number of alkyl halides is 4. The first-order valence-corrected chi connectivity index (χ1v) is 4.98. The zero-order valence-electron chi connectivity index (χ0n) is 8.61. The highest BCUT2D eigenvalue weighted by Crippen LogP contribution is 2.60. The van der Waals surface area contributed by atoms with E-state index in [2.05, 4.69) is 0 Å². The van der Waals surface area contributed by atoms with E-state index in [4.69, 9.17) is 0 Å². The van der Waals surface area contributed by atoms with Crippen molar-refractivity contribution in [1.82, 2.24) is 0 Å². The second-order valence-corrected chi connectivity index (χ2v) is 3.72. The first-order valence-electron chi connectivity index (χ1n) is 4.98. The SMILES string of the molecule is CCC1=C(c2ccccc2)C(F)(F)C1(F)F. The van der Waals surface area contributed by atoms with Crippen LogP contribution in [0.1, 0.15) is 18.9 Å². The van der Waals surface area contributed by atoms with E-state index >= 15 is 0 Å². The van der Waals surface area contributed by atoms with Crippen LogP contribution in [0.2, 0.25) is 0 Å². The van der Waals surface area contributed by atoms with Crippen molar-refractivity contribution < 1.29 is 17.6 Å². The van der Waals surface area contributed by atoms with E-state index in [1.54, 1.807) is 18.2 Å². The van der Waals surface area contributed by atoms with Crippen LogP contribution >= 0.6 is 0 Å². The summed E-state index contributed by atoms with van der Waals surface area (Å²) in [6.45, 7) is 1.46. The molecule has 0 saturated carbocycles. The summed E-state index contributed by atoms with van der Waals surface area (Å²) in [7, 11) is 0. The number of rotatable bonds is 2. The number of hydrogen-bond donors (Lipinski definition) is 0. The van der Waals surface area contributed by atoms with Gasteiger partial charge in [-0.25, -0.2) is 0 Å². The summed E-state index contributed by atoms with van der Waals surface area (Å²) in [4.78, 5) is 0. The topological polar surface area (TPSA) is 0 Å². The van der Waals surface area contributed by atoms with Crippen LogP contribution in [0.3, 0.4) is 0 Å². The zero-order chi connectivity index (χ0) is 12.0. The van der Waals surface area contributed by atoms with Crippen LogP contribution in [0, 0.1) is 0 Å². The molecule has 0 nitrogen and oxygen atoms in total. The highest BCUT2D eigenvalue weighted by molar-refractivity contribution is 5.83. The molecule has 0 amide bonds. The lowest BCUT2D eigenvalue weighted by molar-refractivity contribution is -0.170. The largest absolute Gasteiger partial charge is 0.340 e. The maximum Gasteiger partial charge on any atom is 0.340 e. The Morgan fingerprint density at radius 2 is 1.50 bits per heavy atom. The lowest BCUT2D eigenvalue weighted by atomic mass is 9.75. The monoisotopic (exact) mass is 230 g/mol. The molecule has 0 radical (unpaired) electrons. The molecule has 1 aromatic rings. The molecule has 1 aromatic carbocycles. The van der Waals surface area contributed by atoms with E-state index in [-0.39, 0.29) is 12.0 Å². The van der Waals surface area contributed by atoms with Crippen LogP contribution in [0.25, 0.3) is 5.57 Å². The van der Waals surface area contributed by atoms with E-state index in [9.17, 15) is 17.6 Å². The van der Waals surface area contributed by atoms with E-state index in [1.165, 1.54) is 19.1 Å². The van der Waals surface area contributed by atoms with Gasteiger partial charge in [0.1, 0.15) is 0 Å². The van der Waals surface area contributed by atoms with Crippen molar-refractivity contribution in [2.24, 2.45) is 0 Å². The van der Waals surface area contributed by atoms with Crippen LogP contribution in [0.5, 0.6) is 0 Å². The van der Waals surface area contributed by atoms with Gasteiger partial charge in [0, 0.05) is 11.1 Å². The molecule has 0 aromatic heterocycles. The predicted molar refractivity (Wildman–Crippen MR) is 53.5 cm³/mol. The Labute approximate surface area is 90.6 Å². The van der Waals surface area contributed by atoms with Crippen molar-refractivity contribution in [3.63, 3.8) is 0 Å². The Bertz CT molecular complexity index is 432. The lowest BCUT2D eigenvalue weighted by Crippen LogP contribution is -2.52. The standard InChI is InChI=1S/C12H10F4/c1-2-9-10(8-6-4-3-5-7-8)12(15,16)11(9,13)14/h3-7H,2H2,1H3. The molecular weight excluding hydrogens is 220 g/mol. The van der Waals surface area contributed by atoms with E-state index in [0.29, 0.717) is 0 Å². The fourth-order valence-electron chi connectivity index (χ4n) is 1.99. The molecule has 0 aliphatic heterocycles. The Kier molecular flexibility index (Phi) is 2.33. The fraction of sp³-hybridized carbons (Fsp3) is 0.333. The molecule has 0 unspecified atom stereocenters. The van der Waals surface area contributed by atoms with Crippen molar-refractivity contribution in [1.29, 1.82) is 0 Å². The Hall–Kier alpha value is -1.32. The van der Waals surface area contributed by atoms with Crippen LogP contribution in [0.4, 0.5) is 17.6 Å². The highest BCUT2D eigenvalue weighted by Gasteiger charge is 2.70. The van der Waals surface area contributed by atoms with E-state index < -0.39 is 23.0 Å². The Morgan fingerprint density at radius 3 is 2.00 bits per heavy atom. The van der Waals surface area contributed by atoms with Gasteiger partial charge in [0.05, 0.1) is 0 Å². The minimum atomic E-state index is -4.04. The van der Waals surface area contributed by atoms with Crippen molar-refractivity contribution in [2.75, 3.05) is 0 Å². The van der Waals surface area contributed by atoms with Crippen LogP contribution in [0.15, 0.2) is 35.9 Å². The molecular formula is C12H10F4. The molecule has 16 heavy (non-hydrogen) atoms. The van der Waals surface area contributed by atoms with Gasteiger partial charge in [0.2, 0.25) is 0 Å². The van der Waals surface area contributed by atoms with Crippen LogP contribution < -0.4 is 0 Å². The van der Waals surface area contributed by atoms with Gasteiger partial charge in [-0.05, 0) is 12.0 Å². The summed E-state index contributed by atoms with van der Waals surface area (Å²) < 4.78 is 52.8. The minimum Gasteiger partial charge on any atom is -0.194 e. The summed E-state index contributed by atoms with van der Waals surface area (Å²) >= 11 is 0. The second kappa shape index (κ2) is 3.34. The predicted octanol–water partition coefficient (Wildman–Crippen LogP) is 4.13. The molecule has 0 atom stereocenters. The molecule has 0 spiro atoms. The third-order valence-corrected chi connectivity index (χ3v) is 2.81. The summed E-state index contributed by atoms with van der Waals surface area (Å²) in [5.74, 6) is -8.04. The second-order valence-electron chi connectivity index (χ2n) is 3.72. The van der Waals surface area contributed by atoms with Crippen molar-refractivity contribution in [2.45, 2.75) is 25.2 Å². The molecule has 2 rings (SSSR count). The molecule has 0 fully saturated rings. The average molecular weight is 230 g/mol. The quantitative estimate of drug-likeness (QED) is 0.670. The number of allylic oxidation sites excluding steroid dienone is 2. The lowest BCUT2D eigenvalue weighted by Gasteiger charge is -2.41. The maximum absolute atomic E-state index is 13.3. The third kappa shape index (κ3) is 1.22. The number of halogens is 4. The maximum atomic E-state index is 13.3. The molecule has 4 heteroatoms. The number of hydrogen-bond acceptors (Lipinski definition) is 0. The first-order chi connectivity index (χ1) is 7.43. The van der Waals surface area contributed by atoms with Gasteiger partial charge in [-0.1, -0.05) is 37.3 Å². The molecule has 86 valence electrons. The van der Waals surface area contributed by atoms with Crippen molar-refractivity contribution in [3.8, 4) is 0 Å². The molecule has 1 aliphatic carbocycles. The van der Waals surface area contributed by atoms with Crippen LogP contribution in [-0.4, -0.2) is 11.8 Å². The van der Waals surface area contributed by atoms with E-state index in [1.807, 2.05) is 0 Å². The summed E-state index contributed by atoms with van der Waals surface area (Å²) in [5.41, 5.74) is -0.792. The fourth-order valence-corrected chi connectivity index (χ4v) is 1.99. The van der Waals surface area contributed by atoms with Gasteiger partial charge in [0.15, 0.2) is 0 Å². The molecule has 0 bridgehead atoms. The van der Waals surface area contributed by atoms with Gasteiger partial charge in [-0.3, -0.25) is 0 Å². The minimum absolute atomic E-state index is 0.0627. The van der Waals surface area contributed by atoms with E-state index in [0.717, 1.165) is 0 Å². The van der Waals surface area contributed by atoms with Gasteiger partial charge < -0.3 is 0 Å². The first kappa shape index (κ1) is 11.2. The Morgan fingerprint density at radius 1 is 0.938 bits per heavy atom. The number of benzene rings is 1. The van der Waals surface area contributed by atoms with Crippen LogP contribution in [-0.2, 0) is 0 Å². The van der Waals surface area contributed by atoms with Crippen molar-refractivity contribution in [3.05, 3.63) is 41.5 Å².